The van der Waals surface area contributed by atoms with Gasteiger partial charge in [0.05, 0.1) is 5.69 Å². The minimum atomic E-state index is -1.89. The average Bonchev–Trinajstić information content (AvgIpc) is 3.53. The van der Waals surface area contributed by atoms with Crippen molar-refractivity contribution in [3.05, 3.63) is 241 Å². The van der Waals surface area contributed by atoms with Gasteiger partial charge in [0.15, 0.2) is 0 Å². The number of nitrogens with zero attached hydrogens (tertiary/aromatic N) is 1. The van der Waals surface area contributed by atoms with Gasteiger partial charge < -0.3 is 4.90 Å². The molecule has 1 aliphatic rings. The fraction of sp³-hybridized carbons (Fsp3) is 0.0690. The standard InChI is InChI=1S/C58H47NSi/c1-41-19-18-29-55(57(41)52-28-16-17-30-56(52)60(48-24-12-6-13-25-48)49-26-14-7-15-27-49)59(46-34-31-44(32-35-46)42-20-8-4-9-21-42)47-36-38-51-50-37-33-45(43-22-10-5-11-23-43)39-53(50)58(2,3)54(51)40-47/h4-40,60H,1-3H3. The zero-order chi connectivity index (χ0) is 40.6. The average molecular weight is 786 g/mol. The summed E-state index contributed by atoms with van der Waals surface area (Å²) in [6, 6.07) is 83.1. The molecule has 1 aliphatic carbocycles. The second-order valence-corrected chi connectivity index (χ2v) is 19.4. The van der Waals surface area contributed by atoms with E-state index in [9.17, 15) is 0 Å². The summed E-state index contributed by atoms with van der Waals surface area (Å²) in [5, 5.41) is 4.25. The first-order chi connectivity index (χ1) is 29.5. The number of rotatable bonds is 9. The second-order valence-electron chi connectivity index (χ2n) is 16.5. The largest absolute Gasteiger partial charge is 0.310 e. The number of hydrogen-bond acceptors (Lipinski definition) is 1. The zero-order valence-corrected chi connectivity index (χ0v) is 35.5. The van der Waals surface area contributed by atoms with Gasteiger partial charge in [-0.05, 0) is 104 Å². The highest BCUT2D eigenvalue weighted by Gasteiger charge is 2.37. The van der Waals surface area contributed by atoms with Crippen molar-refractivity contribution < 1.29 is 0 Å². The molecule has 10 rings (SSSR count). The van der Waals surface area contributed by atoms with Gasteiger partial charge in [-0.2, -0.15) is 0 Å². The lowest BCUT2D eigenvalue weighted by Gasteiger charge is -2.31. The van der Waals surface area contributed by atoms with E-state index in [4.69, 9.17) is 0 Å². The van der Waals surface area contributed by atoms with E-state index in [2.05, 4.69) is 250 Å². The van der Waals surface area contributed by atoms with E-state index in [1.54, 1.807) is 0 Å². The maximum absolute atomic E-state index is 2.50. The molecule has 0 radical (unpaired) electrons. The van der Waals surface area contributed by atoms with E-state index in [0.717, 1.165) is 11.4 Å². The predicted octanol–water partition coefficient (Wildman–Crippen LogP) is 13.0. The van der Waals surface area contributed by atoms with Crippen LogP contribution in [0.5, 0.6) is 0 Å². The molecule has 0 N–H and O–H groups in total. The molecule has 288 valence electrons. The zero-order valence-electron chi connectivity index (χ0n) is 34.4. The third kappa shape index (κ3) is 6.69. The molecule has 0 bridgehead atoms. The van der Waals surface area contributed by atoms with Gasteiger partial charge in [0.2, 0.25) is 0 Å². The molecule has 0 atom stereocenters. The summed E-state index contributed by atoms with van der Waals surface area (Å²) in [5.74, 6) is 0. The van der Waals surface area contributed by atoms with Gasteiger partial charge in [0.1, 0.15) is 8.80 Å². The minimum Gasteiger partial charge on any atom is -0.310 e. The van der Waals surface area contributed by atoms with Crippen LogP contribution >= 0.6 is 0 Å². The van der Waals surface area contributed by atoms with Crippen molar-refractivity contribution >= 4 is 41.4 Å². The number of benzene rings is 9. The monoisotopic (exact) mass is 785 g/mol. The Labute approximate surface area is 356 Å². The van der Waals surface area contributed by atoms with Crippen molar-refractivity contribution in [3.63, 3.8) is 0 Å². The highest BCUT2D eigenvalue weighted by molar-refractivity contribution is 6.96. The Morgan fingerprint density at radius 3 is 1.50 bits per heavy atom. The normalized spacial score (nSPS) is 12.5. The van der Waals surface area contributed by atoms with Crippen molar-refractivity contribution in [1.29, 1.82) is 0 Å². The Morgan fingerprint density at radius 1 is 0.383 bits per heavy atom. The summed E-state index contributed by atoms with van der Waals surface area (Å²) >= 11 is 0. The first kappa shape index (κ1) is 37.3. The van der Waals surface area contributed by atoms with Crippen LogP contribution in [0, 0.1) is 6.92 Å². The molecule has 0 fully saturated rings. The van der Waals surface area contributed by atoms with Gasteiger partial charge in [-0.15, -0.1) is 0 Å². The molecule has 0 aliphatic heterocycles. The minimum absolute atomic E-state index is 0.194. The summed E-state index contributed by atoms with van der Waals surface area (Å²) in [5.41, 5.74) is 17.3. The van der Waals surface area contributed by atoms with E-state index in [1.807, 2.05) is 0 Å². The quantitative estimate of drug-likeness (QED) is 0.104. The van der Waals surface area contributed by atoms with E-state index in [1.165, 1.54) is 82.4 Å². The summed E-state index contributed by atoms with van der Waals surface area (Å²) in [7, 11) is -1.89. The lowest BCUT2D eigenvalue weighted by Crippen LogP contribution is -2.52. The fourth-order valence-corrected chi connectivity index (χ4v) is 12.7. The van der Waals surface area contributed by atoms with E-state index in [-0.39, 0.29) is 5.41 Å². The molecule has 0 heterocycles. The molecule has 0 saturated heterocycles. The summed E-state index contributed by atoms with van der Waals surface area (Å²) < 4.78 is 0. The molecule has 9 aromatic rings. The van der Waals surface area contributed by atoms with E-state index >= 15 is 0 Å². The number of aryl methyl sites for hydroxylation is 1. The summed E-state index contributed by atoms with van der Waals surface area (Å²) in [6.07, 6.45) is 0. The molecular weight excluding hydrogens is 739 g/mol. The van der Waals surface area contributed by atoms with Crippen LogP contribution in [0.4, 0.5) is 17.1 Å². The van der Waals surface area contributed by atoms with Crippen LogP contribution in [0.15, 0.2) is 224 Å². The van der Waals surface area contributed by atoms with Crippen molar-refractivity contribution in [3.8, 4) is 44.5 Å². The Bertz CT molecular complexity index is 2900. The van der Waals surface area contributed by atoms with Crippen LogP contribution in [0.25, 0.3) is 44.5 Å². The Kier molecular flexibility index (Phi) is 9.71. The molecule has 0 spiro atoms. The molecular formula is C58H47NSi. The number of fused-ring (bicyclic) bond motifs is 3. The van der Waals surface area contributed by atoms with Gasteiger partial charge in [-0.1, -0.05) is 212 Å². The molecule has 60 heavy (non-hydrogen) atoms. The first-order valence-corrected chi connectivity index (χ1v) is 22.8. The molecule has 9 aromatic carbocycles. The highest BCUT2D eigenvalue weighted by Crippen LogP contribution is 2.52. The van der Waals surface area contributed by atoms with Gasteiger partial charge in [-0.25, -0.2) is 0 Å². The summed E-state index contributed by atoms with van der Waals surface area (Å²) in [4.78, 5) is 2.50. The lowest BCUT2D eigenvalue weighted by molar-refractivity contribution is 0.660. The number of hydrogen-bond donors (Lipinski definition) is 0. The van der Waals surface area contributed by atoms with Crippen LogP contribution in [0.2, 0.25) is 0 Å². The Hall–Kier alpha value is -7.00. The van der Waals surface area contributed by atoms with Crippen molar-refractivity contribution in [1.82, 2.24) is 0 Å². The summed E-state index contributed by atoms with van der Waals surface area (Å²) in [6.45, 7) is 7.06. The molecule has 0 amide bonds. The second kappa shape index (κ2) is 15.6. The van der Waals surface area contributed by atoms with Crippen molar-refractivity contribution in [2.45, 2.75) is 26.2 Å². The van der Waals surface area contributed by atoms with Gasteiger partial charge in [0.25, 0.3) is 0 Å². The number of anilines is 3. The van der Waals surface area contributed by atoms with Gasteiger partial charge in [-0.3, -0.25) is 0 Å². The molecule has 2 heteroatoms. The van der Waals surface area contributed by atoms with Crippen LogP contribution in [0.3, 0.4) is 0 Å². The highest BCUT2D eigenvalue weighted by atomic mass is 28.3. The topological polar surface area (TPSA) is 3.24 Å². The van der Waals surface area contributed by atoms with Crippen molar-refractivity contribution in [2.75, 3.05) is 4.90 Å². The third-order valence-corrected chi connectivity index (χ3v) is 15.8. The van der Waals surface area contributed by atoms with Crippen LogP contribution in [-0.2, 0) is 5.41 Å². The lowest BCUT2D eigenvalue weighted by atomic mass is 9.81. The van der Waals surface area contributed by atoms with E-state index < -0.39 is 8.80 Å². The maximum Gasteiger partial charge on any atom is 0.133 e. The van der Waals surface area contributed by atoms with Crippen LogP contribution in [0.1, 0.15) is 30.5 Å². The Balaban J connectivity index is 1.16. The third-order valence-electron chi connectivity index (χ3n) is 12.6. The van der Waals surface area contributed by atoms with Gasteiger partial charge in [0, 0.05) is 22.4 Å². The Morgan fingerprint density at radius 2 is 0.867 bits per heavy atom. The first-order valence-electron chi connectivity index (χ1n) is 21.0. The smallest absolute Gasteiger partial charge is 0.133 e. The van der Waals surface area contributed by atoms with Crippen LogP contribution < -0.4 is 20.5 Å². The molecule has 0 saturated carbocycles. The van der Waals surface area contributed by atoms with Crippen molar-refractivity contribution in [2.24, 2.45) is 0 Å². The molecule has 1 nitrogen and oxygen atoms in total. The maximum atomic E-state index is 2.50. The SMILES string of the molecule is Cc1cccc(N(c2ccc(-c3ccccc3)cc2)c2ccc3c(c2)C(C)(C)c2cc(-c4ccccc4)ccc2-3)c1-c1ccccc1[SiH](c1ccccc1)c1ccccc1. The van der Waals surface area contributed by atoms with E-state index in [0.29, 0.717) is 0 Å². The fourth-order valence-electron chi connectivity index (χ4n) is 9.54. The predicted molar refractivity (Wildman–Crippen MR) is 259 cm³/mol. The molecule has 0 unspecified atom stereocenters. The van der Waals surface area contributed by atoms with Crippen LogP contribution in [-0.4, -0.2) is 8.80 Å². The molecule has 0 aromatic heterocycles. The van der Waals surface area contributed by atoms with Gasteiger partial charge >= 0.3 is 0 Å².